The third-order valence-corrected chi connectivity index (χ3v) is 6.02. The molecule has 2 N–H and O–H groups in total. The number of imidazole rings is 1. The predicted molar refractivity (Wildman–Crippen MR) is 136 cm³/mol. The van der Waals surface area contributed by atoms with E-state index < -0.39 is 23.3 Å². The summed E-state index contributed by atoms with van der Waals surface area (Å²) in [6.45, 7) is 4.58. The number of nitrogens with zero attached hydrogens (tertiary/aromatic N) is 5. The quantitative estimate of drug-likeness (QED) is 0.268. The summed E-state index contributed by atoms with van der Waals surface area (Å²) in [5.74, 6) is -0.104. The molecule has 11 heteroatoms. The molecule has 0 radical (unpaired) electrons. The number of carbonyl (C=O) groups is 1. The molecule has 3 heterocycles. The van der Waals surface area contributed by atoms with E-state index in [9.17, 15) is 23.1 Å². The number of benzene rings is 2. The fraction of sp³-hybridized carbons (Fsp3) is 0.148. The van der Waals surface area contributed by atoms with Crippen LogP contribution in [0.2, 0.25) is 0 Å². The zero-order chi connectivity index (χ0) is 27.2. The van der Waals surface area contributed by atoms with Crippen molar-refractivity contribution in [3.05, 3.63) is 83.3 Å². The summed E-state index contributed by atoms with van der Waals surface area (Å²) in [5.41, 5.74) is 1.49. The van der Waals surface area contributed by atoms with Crippen molar-refractivity contribution in [2.75, 3.05) is 5.32 Å². The largest absolute Gasteiger partial charge is 0.508 e. The van der Waals surface area contributed by atoms with Gasteiger partial charge in [0.2, 0.25) is 0 Å². The zero-order valence-corrected chi connectivity index (χ0v) is 20.5. The maximum Gasteiger partial charge on any atom is 0.417 e. The van der Waals surface area contributed by atoms with Crippen molar-refractivity contribution in [2.45, 2.75) is 26.9 Å². The number of halogens is 3. The number of nitrogens with one attached hydrogen (secondary N) is 1. The molecule has 5 rings (SSSR count). The monoisotopic (exact) mass is 518 g/mol. The van der Waals surface area contributed by atoms with Gasteiger partial charge >= 0.3 is 6.18 Å². The number of rotatable bonds is 5. The minimum absolute atomic E-state index is 0.0273. The first-order valence-corrected chi connectivity index (χ1v) is 11.5. The van der Waals surface area contributed by atoms with Gasteiger partial charge in [0.25, 0.3) is 0 Å². The number of ketones is 1. The van der Waals surface area contributed by atoms with Crippen LogP contribution in [-0.2, 0) is 6.18 Å². The Morgan fingerprint density at radius 1 is 1.00 bits per heavy atom. The Morgan fingerprint density at radius 2 is 1.79 bits per heavy atom. The van der Waals surface area contributed by atoms with Gasteiger partial charge < -0.3 is 10.4 Å². The number of phenolic OH excluding ortho intramolecular Hbond substituents is 1. The summed E-state index contributed by atoms with van der Waals surface area (Å²) in [7, 11) is 0. The molecule has 2 aromatic carbocycles. The number of aromatic hydroxyl groups is 1. The van der Waals surface area contributed by atoms with Crippen LogP contribution in [0.5, 0.6) is 5.75 Å². The van der Waals surface area contributed by atoms with E-state index >= 15 is 0 Å². The smallest absolute Gasteiger partial charge is 0.417 e. The molecular formula is C27H21F3N6O2. The van der Waals surface area contributed by atoms with Crippen molar-refractivity contribution in [3.8, 4) is 22.8 Å². The zero-order valence-electron chi connectivity index (χ0n) is 20.5. The number of phenols is 1. The van der Waals surface area contributed by atoms with E-state index in [0.29, 0.717) is 22.9 Å². The molecule has 38 heavy (non-hydrogen) atoms. The molecule has 0 atom stereocenters. The van der Waals surface area contributed by atoms with Crippen LogP contribution in [0.25, 0.3) is 28.1 Å². The topological polar surface area (TPSA) is 106 Å². The highest BCUT2D eigenvalue weighted by Crippen LogP contribution is 2.41. The number of anilines is 2. The van der Waals surface area contributed by atoms with E-state index in [0.717, 1.165) is 11.4 Å². The van der Waals surface area contributed by atoms with E-state index in [1.165, 1.54) is 32.3 Å². The van der Waals surface area contributed by atoms with Crippen LogP contribution >= 0.6 is 0 Å². The van der Waals surface area contributed by atoms with E-state index in [4.69, 9.17) is 0 Å². The second-order valence-electron chi connectivity index (χ2n) is 8.81. The summed E-state index contributed by atoms with van der Waals surface area (Å²) in [6.07, 6.45) is -3.27. The third kappa shape index (κ3) is 4.65. The lowest BCUT2D eigenvalue weighted by molar-refractivity contribution is -0.137. The number of hydrogen-bond donors (Lipinski definition) is 2. The summed E-state index contributed by atoms with van der Waals surface area (Å²) in [4.78, 5) is 21.3. The molecule has 0 aliphatic rings. The predicted octanol–water partition coefficient (Wildman–Crippen LogP) is 6.16. The molecule has 0 unspecified atom stereocenters. The fourth-order valence-corrected chi connectivity index (χ4v) is 4.09. The maximum absolute atomic E-state index is 13.9. The van der Waals surface area contributed by atoms with Crippen LogP contribution in [-0.4, -0.2) is 35.6 Å². The average molecular weight is 518 g/mol. The highest BCUT2D eigenvalue weighted by molar-refractivity contribution is 6.00. The maximum atomic E-state index is 13.9. The van der Waals surface area contributed by atoms with Gasteiger partial charge in [-0.3, -0.25) is 9.36 Å². The van der Waals surface area contributed by atoms with Crippen LogP contribution in [0.1, 0.15) is 34.1 Å². The molecule has 8 nitrogen and oxygen atoms in total. The Labute approximate surface area is 214 Å². The summed E-state index contributed by atoms with van der Waals surface area (Å²) >= 11 is 0. The van der Waals surface area contributed by atoms with Gasteiger partial charge in [-0.15, -0.1) is 5.10 Å². The molecule has 5 aromatic rings. The van der Waals surface area contributed by atoms with Crippen molar-refractivity contribution >= 4 is 28.3 Å². The minimum atomic E-state index is -4.78. The lowest BCUT2D eigenvalue weighted by Crippen LogP contribution is -2.11. The van der Waals surface area contributed by atoms with Gasteiger partial charge in [0.1, 0.15) is 17.9 Å². The van der Waals surface area contributed by atoms with Gasteiger partial charge in [0.15, 0.2) is 11.6 Å². The first kappa shape index (κ1) is 24.9. The molecule has 0 bridgehead atoms. The number of alkyl halides is 3. The van der Waals surface area contributed by atoms with Crippen molar-refractivity contribution in [1.82, 2.24) is 24.7 Å². The molecule has 0 aliphatic carbocycles. The SMILES string of the molecule is CC(=O)c1ccc(-n2cnc3cc(Nc4ccc(C)nn4)ccc32)nc1-c1cc(C)c(O)cc1C(F)(F)F. The molecule has 0 fully saturated rings. The molecule has 0 spiro atoms. The standard InChI is InChI=1S/C27H21F3N6O2/c1-14-10-19(20(12-23(14)38)27(28,29)30)26-18(16(3)37)6-9-25(33-26)36-13-31-21-11-17(5-7-22(21)36)32-24-8-4-15(2)34-35-24/h4-13,38H,1-3H3,(H,32,35). The van der Waals surface area contributed by atoms with E-state index in [1.54, 1.807) is 34.9 Å². The van der Waals surface area contributed by atoms with Crippen LogP contribution < -0.4 is 5.32 Å². The Hall–Kier alpha value is -4.80. The van der Waals surface area contributed by atoms with Gasteiger partial charge in [-0.05, 0) is 80.9 Å². The lowest BCUT2D eigenvalue weighted by atomic mass is 9.95. The van der Waals surface area contributed by atoms with Crippen molar-refractivity contribution in [3.63, 3.8) is 0 Å². The van der Waals surface area contributed by atoms with Crippen LogP contribution in [0, 0.1) is 13.8 Å². The van der Waals surface area contributed by atoms with Crippen LogP contribution in [0.3, 0.4) is 0 Å². The second kappa shape index (κ2) is 9.25. The van der Waals surface area contributed by atoms with E-state index in [2.05, 4.69) is 25.5 Å². The average Bonchev–Trinajstić information content (AvgIpc) is 3.29. The van der Waals surface area contributed by atoms with E-state index in [1.807, 2.05) is 13.0 Å². The van der Waals surface area contributed by atoms with Gasteiger partial charge in [-0.1, -0.05) is 0 Å². The normalized spacial score (nSPS) is 11.6. The number of pyridine rings is 1. The third-order valence-electron chi connectivity index (χ3n) is 6.02. The molecular weight excluding hydrogens is 497 g/mol. The highest BCUT2D eigenvalue weighted by atomic mass is 19.4. The number of fused-ring (bicyclic) bond motifs is 1. The van der Waals surface area contributed by atoms with Crippen molar-refractivity contribution in [1.29, 1.82) is 0 Å². The molecule has 0 saturated carbocycles. The minimum Gasteiger partial charge on any atom is -0.508 e. The van der Waals surface area contributed by atoms with Crippen molar-refractivity contribution in [2.24, 2.45) is 0 Å². The summed E-state index contributed by atoms with van der Waals surface area (Å²) < 4.78 is 43.4. The van der Waals surface area contributed by atoms with Crippen LogP contribution in [0.4, 0.5) is 24.7 Å². The Kier molecular flexibility index (Phi) is 6.06. The number of hydrogen-bond acceptors (Lipinski definition) is 7. The second-order valence-corrected chi connectivity index (χ2v) is 8.81. The summed E-state index contributed by atoms with van der Waals surface area (Å²) in [5, 5.41) is 21.2. The first-order valence-electron chi connectivity index (χ1n) is 11.5. The molecule has 192 valence electrons. The highest BCUT2D eigenvalue weighted by Gasteiger charge is 2.36. The molecule has 3 aromatic heterocycles. The molecule has 0 aliphatic heterocycles. The van der Waals surface area contributed by atoms with Gasteiger partial charge in [-0.2, -0.15) is 18.3 Å². The first-order chi connectivity index (χ1) is 18.0. The Balaban J connectivity index is 1.61. The molecule has 0 amide bonds. The lowest BCUT2D eigenvalue weighted by Gasteiger charge is -2.17. The number of carbonyl (C=O) groups excluding carboxylic acids is 1. The number of Topliss-reactive ketones (excluding diaryl/α,β-unsaturated/α-hetero) is 1. The van der Waals surface area contributed by atoms with Gasteiger partial charge in [0, 0.05) is 16.8 Å². The number of aromatic nitrogens is 5. The van der Waals surface area contributed by atoms with E-state index in [-0.39, 0.29) is 28.2 Å². The molecule has 0 saturated heterocycles. The van der Waals surface area contributed by atoms with Gasteiger partial charge in [0.05, 0.1) is 28.0 Å². The van der Waals surface area contributed by atoms with Gasteiger partial charge in [-0.25, -0.2) is 9.97 Å². The Morgan fingerprint density at radius 3 is 2.47 bits per heavy atom. The van der Waals surface area contributed by atoms with Crippen LogP contribution in [0.15, 0.2) is 60.9 Å². The van der Waals surface area contributed by atoms with Crippen molar-refractivity contribution < 1.29 is 23.1 Å². The number of aryl methyl sites for hydroxylation is 2. The Bertz CT molecular complexity index is 1690. The fourth-order valence-electron chi connectivity index (χ4n) is 4.09. The summed E-state index contributed by atoms with van der Waals surface area (Å²) in [6, 6.07) is 13.9.